The topological polar surface area (TPSA) is 89.6 Å². The van der Waals surface area contributed by atoms with Crippen molar-refractivity contribution in [2.45, 2.75) is 42.8 Å². The summed E-state index contributed by atoms with van der Waals surface area (Å²) < 4.78 is 13.7. The third-order valence-corrected chi connectivity index (χ3v) is 6.12. The number of benzene rings is 1. The Balaban J connectivity index is 1.52. The highest BCUT2D eigenvalue weighted by Crippen LogP contribution is 2.44. The van der Waals surface area contributed by atoms with Crippen LogP contribution in [0.25, 0.3) is 11.0 Å². The second-order valence-corrected chi connectivity index (χ2v) is 8.33. The SMILES string of the molecule is [B]C1([B])CO[C@@H]([C@H]2O[C@@H](n3ccc4c(C)ncnc43)[C@H](O)[C@@H]2O)c2ccc(Cl)cc21. The molecule has 1 fully saturated rings. The minimum atomic E-state index is -1.22. The van der Waals surface area contributed by atoms with Gasteiger partial charge < -0.3 is 24.3 Å². The molecular formula is C20H18B2ClN3O4. The number of rotatable bonds is 2. The van der Waals surface area contributed by atoms with Gasteiger partial charge in [-0.25, -0.2) is 9.97 Å². The largest absolute Gasteiger partial charge is 0.387 e. The van der Waals surface area contributed by atoms with Crippen LogP contribution in [0.2, 0.25) is 5.02 Å². The first kappa shape index (κ1) is 20.0. The number of hydrogen-bond acceptors (Lipinski definition) is 6. The maximum absolute atomic E-state index is 10.8. The lowest BCUT2D eigenvalue weighted by atomic mass is 9.49. The molecule has 4 radical (unpaired) electrons. The Morgan fingerprint density at radius 3 is 2.80 bits per heavy atom. The van der Waals surface area contributed by atoms with Crippen LogP contribution in [0.1, 0.15) is 29.2 Å². The molecule has 1 saturated heterocycles. The van der Waals surface area contributed by atoms with Gasteiger partial charge in [-0.3, -0.25) is 0 Å². The molecule has 0 spiro atoms. The number of fused-ring (bicyclic) bond motifs is 2. The number of aliphatic hydroxyl groups excluding tert-OH is 2. The highest BCUT2D eigenvalue weighted by molar-refractivity contribution is 6.40. The van der Waals surface area contributed by atoms with E-state index in [1.54, 1.807) is 29.0 Å². The van der Waals surface area contributed by atoms with Crippen molar-refractivity contribution >= 4 is 38.3 Å². The first-order chi connectivity index (χ1) is 14.3. The van der Waals surface area contributed by atoms with Crippen LogP contribution in [0.3, 0.4) is 0 Å². The summed E-state index contributed by atoms with van der Waals surface area (Å²) in [5.74, 6) is 0. The number of halogens is 1. The summed E-state index contributed by atoms with van der Waals surface area (Å²) >= 11 is 6.13. The molecule has 0 aliphatic carbocycles. The molecule has 2 N–H and O–H groups in total. The van der Waals surface area contributed by atoms with E-state index in [0.29, 0.717) is 21.8 Å². The molecule has 0 amide bonds. The van der Waals surface area contributed by atoms with Crippen LogP contribution in [-0.2, 0) is 14.7 Å². The number of nitrogens with zero attached hydrogens (tertiary/aromatic N) is 3. The average Bonchev–Trinajstić information content (AvgIpc) is 3.26. The Kier molecular flexibility index (Phi) is 4.72. The first-order valence-electron chi connectivity index (χ1n) is 9.57. The standard InChI is InChI=1S/C20H18B2ClN3O4/c1-9-11-4-5-26(18(11)25-8-24-9)19-15(28)14(27)17(30-19)16-12-3-2-10(23)6-13(12)20(21,22)7-29-16/h2-6,8,14-17,19,27-28H,7H2,1H3/t14-,15+,16+,17-,19+/m0/s1. The van der Waals surface area contributed by atoms with Crippen molar-refractivity contribution in [3.63, 3.8) is 0 Å². The van der Waals surface area contributed by atoms with Gasteiger partial charge in [0.25, 0.3) is 0 Å². The molecule has 2 aromatic heterocycles. The van der Waals surface area contributed by atoms with E-state index in [0.717, 1.165) is 11.1 Å². The van der Waals surface area contributed by atoms with E-state index >= 15 is 0 Å². The lowest BCUT2D eigenvalue weighted by Gasteiger charge is -2.40. The molecule has 3 aromatic rings. The summed E-state index contributed by atoms with van der Waals surface area (Å²) in [7, 11) is 12.4. The molecule has 5 atom stereocenters. The Bertz CT molecular complexity index is 1120. The molecule has 0 unspecified atom stereocenters. The molecule has 2 aliphatic heterocycles. The highest BCUT2D eigenvalue weighted by atomic mass is 35.5. The number of aryl methyl sites for hydroxylation is 1. The van der Waals surface area contributed by atoms with Crippen molar-refractivity contribution < 1.29 is 19.7 Å². The Morgan fingerprint density at radius 2 is 2.00 bits per heavy atom. The number of aromatic nitrogens is 3. The van der Waals surface area contributed by atoms with Gasteiger partial charge >= 0.3 is 0 Å². The normalized spacial score (nSPS) is 30.5. The molecule has 7 nitrogen and oxygen atoms in total. The van der Waals surface area contributed by atoms with Crippen molar-refractivity contribution in [3.8, 4) is 0 Å². The van der Waals surface area contributed by atoms with Gasteiger partial charge in [0.05, 0.1) is 21.4 Å². The summed E-state index contributed by atoms with van der Waals surface area (Å²) in [6, 6.07) is 7.01. The Labute approximate surface area is 180 Å². The van der Waals surface area contributed by atoms with Crippen molar-refractivity contribution in [3.05, 3.63) is 58.6 Å². The van der Waals surface area contributed by atoms with Gasteiger partial charge in [-0.05, 0) is 36.2 Å². The second kappa shape index (κ2) is 7.07. The smallest absolute Gasteiger partial charge is 0.164 e. The average molecular weight is 421 g/mol. The van der Waals surface area contributed by atoms with Crippen molar-refractivity contribution in [1.82, 2.24) is 14.5 Å². The molecule has 1 aromatic carbocycles. The molecule has 30 heavy (non-hydrogen) atoms. The molecule has 0 bridgehead atoms. The third-order valence-electron chi connectivity index (χ3n) is 5.88. The lowest BCUT2D eigenvalue weighted by molar-refractivity contribution is -0.116. The fourth-order valence-electron chi connectivity index (χ4n) is 4.31. The van der Waals surface area contributed by atoms with Gasteiger partial charge in [0, 0.05) is 23.2 Å². The molecule has 2 aliphatic rings. The maximum atomic E-state index is 10.8. The van der Waals surface area contributed by atoms with Crippen LogP contribution in [0.4, 0.5) is 0 Å². The molecule has 150 valence electrons. The van der Waals surface area contributed by atoms with Crippen LogP contribution >= 0.6 is 11.6 Å². The van der Waals surface area contributed by atoms with Gasteiger partial charge in [-0.2, -0.15) is 0 Å². The highest BCUT2D eigenvalue weighted by Gasteiger charge is 2.50. The van der Waals surface area contributed by atoms with Crippen LogP contribution in [0.15, 0.2) is 36.8 Å². The first-order valence-corrected chi connectivity index (χ1v) is 9.95. The zero-order valence-electron chi connectivity index (χ0n) is 16.1. The van der Waals surface area contributed by atoms with Gasteiger partial charge in [-0.1, -0.05) is 22.9 Å². The predicted molar refractivity (Wildman–Crippen MR) is 112 cm³/mol. The zero-order chi connectivity index (χ0) is 21.2. The minimum Gasteiger partial charge on any atom is -0.387 e. The second-order valence-electron chi connectivity index (χ2n) is 7.90. The number of aliphatic hydroxyl groups is 2. The van der Waals surface area contributed by atoms with Gasteiger partial charge in [0.2, 0.25) is 0 Å². The van der Waals surface area contributed by atoms with Crippen molar-refractivity contribution in [1.29, 1.82) is 0 Å². The molecule has 0 saturated carbocycles. The number of hydrogen-bond donors (Lipinski definition) is 2. The quantitative estimate of drug-likeness (QED) is 0.606. The molecular weight excluding hydrogens is 403 g/mol. The van der Waals surface area contributed by atoms with Gasteiger partial charge in [0.1, 0.15) is 36.4 Å². The number of ether oxygens (including phenoxy) is 2. The fraction of sp³-hybridized carbons (Fsp3) is 0.400. The fourth-order valence-corrected chi connectivity index (χ4v) is 4.49. The minimum absolute atomic E-state index is 0.0111. The van der Waals surface area contributed by atoms with Crippen LogP contribution in [-0.4, -0.2) is 65.4 Å². The van der Waals surface area contributed by atoms with E-state index in [2.05, 4.69) is 9.97 Å². The van der Waals surface area contributed by atoms with Crippen molar-refractivity contribution in [2.24, 2.45) is 0 Å². The molecule has 10 heteroatoms. The van der Waals surface area contributed by atoms with Gasteiger partial charge in [0.15, 0.2) is 6.23 Å². The zero-order valence-corrected chi connectivity index (χ0v) is 16.9. The van der Waals surface area contributed by atoms with Gasteiger partial charge in [-0.15, -0.1) is 0 Å². The van der Waals surface area contributed by atoms with E-state index in [9.17, 15) is 10.2 Å². The van der Waals surface area contributed by atoms with Crippen LogP contribution in [0, 0.1) is 6.92 Å². The Morgan fingerprint density at radius 1 is 1.20 bits per heavy atom. The summed E-state index contributed by atoms with van der Waals surface area (Å²) in [5.41, 5.74) is 2.71. The Hall–Kier alpha value is -1.90. The summed E-state index contributed by atoms with van der Waals surface area (Å²) in [6.45, 7) is 1.89. The van der Waals surface area contributed by atoms with E-state index < -0.39 is 35.9 Å². The van der Waals surface area contributed by atoms with E-state index in [4.69, 9.17) is 36.8 Å². The summed E-state index contributed by atoms with van der Waals surface area (Å²) in [6.07, 6.45) is -1.55. The monoisotopic (exact) mass is 421 g/mol. The van der Waals surface area contributed by atoms with E-state index in [1.807, 2.05) is 13.0 Å². The third kappa shape index (κ3) is 2.99. The van der Waals surface area contributed by atoms with E-state index in [-0.39, 0.29) is 6.61 Å². The predicted octanol–water partition coefficient (Wildman–Crippen LogP) is 1.27. The molecule has 4 heterocycles. The van der Waals surface area contributed by atoms with Crippen molar-refractivity contribution in [2.75, 3.05) is 6.61 Å². The summed E-state index contributed by atoms with van der Waals surface area (Å²) in [5, 5.41) is 21.7. The maximum Gasteiger partial charge on any atom is 0.164 e. The lowest BCUT2D eigenvalue weighted by Crippen LogP contribution is -2.44. The van der Waals surface area contributed by atoms with Crippen LogP contribution < -0.4 is 0 Å². The van der Waals surface area contributed by atoms with Crippen LogP contribution in [0.5, 0.6) is 0 Å². The molecule has 5 rings (SSSR count). The van der Waals surface area contributed by atoms with E-state index in [1.165, 1.54) is 6.33 Å². The summed E-state index contributed by atoms with van der Waals surface area (Å²) in [4.78, 5) is 8.49.